The molecule has 3 nitrogen and oxygen atoms in total. The van der Waals surface area contributed by atoms with E-state index in [2.05, 4.69) is 0 Å². The quantitative estimate of drug-likeness (QED) is 0.749. The lowest BCUT2D eigenvalue weighted by Gasteiger charge is -2.44. The SMILES string of the molecule is CN(C(=O)C(F)(F)F)C1(CC(=O)CCl)CCCCC1. The van der Waals surface area contributed by atoms with Gasteiger partial charge in [0, 0.05) is 19.0 Å². The molecule has 0 spiro atoms. The van der Waals surface area contributed by atoms with Crippen molar-refractivity contribution in [2.24, 2.45) is 0 Å². The van der Waals surface area contributed by atoms with E-state index in [0.717, 1.165) is 13.5 Å². The molecule has 110 valence electrons. The molecule has 1 aliphatic carbocycles. The van der Waals surface area contributed by atoms with E-state index in [9.17, 15) is 22.8 Å². The van der Waals surface area contributed by atoms with Crippen molar-refractivity contribution in [1.82, 2.24) is 4.90 Å². The Bertz CT molecular complexity index is 351. The van der Waals surface area contributed by atoms with Crippen LogP contribution in [0.1, 0.15) is 38.5 Å². The van der Waals surface area contributed by atoms with E-state index in [-0.39, 0.29) is 18.1 Å². The number of alkyl halides is 4. The molecule has 0 aliphatic heterocycles. The zero-order valence-electron chi connectivity index (χ0n) is 10.7. The van der Waals surface area contributed by atoms with Gasteiger partial charge in [-0.05, 0) is 12.8 Å². The number of hydrogen-bond donors (Lipinski definition) is 0. The summed E-state index contributed by atoms with van der Waals surface area (Å²) in [5, 5.41) is 0. The van der Waals surface area contributed by atoms with Crippen molar-refractivity contribution >= 4 is 23.3 Å². The zero-order valence-corrected chi connectivity index (χ0v) is 11.5. The van der Waals surface area contributed by atoms with E-state index >= 15 is 0 Å². The maximum Gasteiger partial charge on any atom is 0.471 e. The number of nitrogens with zero attached hydrogens (tertiary/aromatic N) is 1. The first kappa shape index (κ1) is 16.3. The summed E-state index contributed by atoms with van der Waals surface area (Å²) < 4.78 is 37.6. The molecule has 1 amide bonds. The van der Waals surface area contributed by atoms with Crippen LogP contribution in [0.3, 0.4) is 0 Å². The molecule has 0 radical (unpaired) electrons. The van der Waals surface area contributed by atoms with Crippen LogP contribution in [0.5, 0.6) is 0 Å². The minimum absolute atomic E-state index is 0.102. The van der Waals surface area contributed by atoms with Crippen LogP contribution in [0, 0.1) is 0 Å². The van der Waals surface area contributed by atoms with Crippen molar-refractivity contribution < 1.29 is 22.8 Å². The first-order valence-corrected chi connectivity index (χ1v) is 6.69. The fourth-order valence-corrected chi connectivity index (χ4v) is 2.75. The fraction of sp³-hybridized carbons (Fsp3) is 0.833. The average Bonchev–Trinajstić information content (AvgIpc) is 2.36. The van der Waals surface area contributed by atoms with Gasteiger partial charge in [0.25, 0.3) is 0 Å². The third kappa shape index (κ3) is 3.84. The Morgan fingerprint density at radius 1 is 1.21 bits per heavy atom. The highest BCUT2D eigenvalue weighted by Gasteiger charge is 2.49. The summed E-state index contributed by atoms with van der Waals surface area (Å²) in [4.78, 5) is 23.6. The normalized spacial score (nSPS) is 19.0. The predicted octanol–water partition coefficient (Wildman–Crippen LogP) is 2.91. The fourth-order valence-electron chi connectivity index (χ4n) is 2.66. The monoisotopic (exact) mass is 299 g/mol. The molecule has 0 aromatic carbocycles. The molecule has 0 bridgehead atoms. The van der Waals surface area contributed by atoms with Crippen molar-refractivity contribution in [1.29, 1.82) is 0 Å². The van der Waals surface area contributed by atoms with E-state index < -0.39 is 17.6 Å². The summed E-state index contributed by atoms with van der Waals surface area (Å²) in [7, 11) is 1.13. The molecule has 0 saturated heterocycles. The molecule has 1 fully saturated rings. The number of rotatable bonds is 4. The zero-order chi connectivity index (χ0) is 14.7. The van der Waals surface area contributed by atoms with E-state index in [1.54, 1.807) is 0 Å². The predicted molar refractivity (Wildman–Crippen MR) is 65.0 cm³/mol. The molecular formula is C12H17ClF3NO2. The summed E-state index contributed by atoms with van der Waals surface area (Å²) in [6.07, 6.45) is -1.86. The Morgan fingerprint density at radius 3 is 2.16 bits per heavy atom. The van der Waals surface area contributed by atoms with Gasteiger partial charge in [-0.15, -0.1) is 11.6 Å². The minimum Gasteiger partial charge on any atom is -0.332 e. The van der Waals surface area contributed by atoms with Gasteiger partial charge in [-0.2, -0.15) is 13.2 Å². The van der Waals surface area contributed by atoms with Crippen LogP contribution in [0.15, 0.2) is 0 Å². The van der Waals surface area contributed by atoms with Crippen molar-refractivity contribution in [3.05, 3.63) is 0 Å². The van der Waals surface area contributed by atoms with Gasteiger partial charge < -0.3 is 4.90 Å². The molecule has 0 unspecified atom stereocenters. The number of Topliss-reactive ketones (excluding diaryl/α,β-unsaturated/α-hetero) is 1. The maximum atomic E-state index is 12.5. The van der Waals surface area contributed by atoms with Gasteiger partial charge in [0.2, 0.25) is 0 Å². The lowest BCUT2D eigenvalue weighted by atomic mass is 9.77. The van der Waals surface area contributed by atoms with E-state index in [4.69, 9.17) is 11.6 Å². The van der Waals surface area contributed by atoms with Gasteiger partial charge in [0.15, 0.2) is 0 Å². The molecule has 19 heavy (non-hydrogen) atoms. The van der Waals surface area contributed by atoms with Crippen LogP contribution < -0.4 is 0 Å². The van der Waals surface area contributed by atoms with Gasteiger partial charge in [-0.3, -0.25) is 9.59 Å². The van der Waals surface area contributed by atoms with Crippen LogP contribution >= 0.6 is 11.6 Å². The summed E-state index contributed by atoms with van der Waals surface area (Å²) >= 11 is 5.43. The number of hydrogen-bond acceptors (Lipinski definition) is 2. The summed E-state index contributed by atoms with van der Waals surface area (Å²) in [5.74, 6) is -2.46. The van der Waals surface area contributed by atoms with Crippen LogP contribution in [-0.2, 0) is 9.59 Å². The number of ketones is 1. The third-order valence-electron chi connectivity index (χ3n) is 3.72. The second kappa shape index (κ2) is 6.11. The second-order valence-corrected chi connectivity index (χ2v) is 5.26. The van der Waals surface area contributed by atoms with Gasteiger partial charge in [-0.1, -0.05) is 19.3 Å². The Kier molecular flexibility index (Phi) is 5.24. The highest BCUT2D eigenvalue weighted by molar-refractivity contribution is 6.27. The molecule has 0 heterocycles. The van der Waals surface area contributed by atoms with Gasteiger partial charge in [0.05, 0.1) is 5.88 Å². The molecule has 1 aliphatic rings. The Hall–Kier alpha value is -0.780. The smallest absolute Gasteiger partial charge is 0.332 e. The largest absolute Gasteiger partial charge is 0.471 e. The van der Waals surface area contributed by atoms with Crippen molar-refractivity contribution in [2.45, 2.75) is 50.2 Å². The second-order valence-electron chi connectivity index (χ2n) is 5.00. The average molecular weight is 300 g/mol. The molecule has 1 saturated carbocycles. The molecule has 7 heteroatoms. The molecule has 1 rings (SSSR count). The van der Waals surface area contributed by atoms with Crippen LogP contribution in [0.4, 0.5) is 13.2 Å². The Labute approximate surface area is 115 Å². The maximum absolute atomic E-state index is 12.5. The van der Waals surface area contributed by atoms with E-state index in [0.29, 0.717) is 30.6 Å². The number of carbonyl (C=O) groups is 2. The Balaban J connectivity index is 2.96. The molecule has 0 N–H and O–H groups in total. The van der Waals surface area contributed by atoms with Crippen molar-refractivity contribution in [2.75, 3.05) is 12.9 Å². The first-order valence-electron chi connectivity index (χ1n) is 6.15. The first-order chi connectivity index (χ1) is 8.73. The topological polar surface area (TPSA) is 37.4 Å². The van der Waals surface area contributed by atoms with Gasteiger partial charge in [-0.25, -0.2) is 0 Å². The van der Waals surface area contributed by atoms with Crippen molar-refractivity contribution in [3.8, 4) is 0 Å². The highest BCUT2D eigenvalue weighted by Crippen LogP contribution is 2.38. The van der Waals surface area contributed by atoms with Crippen molar-refractivity contribution in [3.63, 3.8) is 0 Å². The standard InChI is InChI=1S/C12H17ClF3NO2/c1-17(10(19)12(14,15)16)11(7-9(18)8-13)5-3-2-4-6-11/h2-8H2,1H3. The number of halogens is 4. The summed E-state index contributed by atoms with van der Waals surface area (Å²) in [6, 6.07) is 0. The lowest BCUT2D eigenvalue weighted by Crippen LogP contribution is -2.55. The van der Waals surface area contributed by atoms with E-state index in [1.807, 2.05) is 0 Å². The molecule has 0 atom stereocenters. The summed E-state index contributed by atoms with van der Waals surface area (Å²) in [6.45, 7) is 0. The van der Waals surface area contributed by atoms with E-state index in [1.165, 1.54) is 0 Å². The minimum atomic E-state index is -4.91. The third-order valence-corrected chi connectivity index (χ3v) is 4.02. The number of carbonyl (C=O) groups excluding carboxylic acids is 2. The van der Waals surface area contributed by atoms with Crippen LogP contribution in [-0.4, -0.2) is 41.2 Å². The molecular weight excluding hydrogens is 283 g/mol. The number of amides is 1. The van der Waals surface area contributed by atoms with Crippen LogP contribution in [0.2, 0.25) is 0 Å². The Morgan fingerprint density at radius 2 is 1.74 bits per heavy atom. The highest BCUT2D eigenvalue weighted by atomic mass is 35.5. The van der Waals surface area contributed by atoms with Gasteiger partial charge in [0.1, 0.15) is 5.78 Å². The lowest BCUT2D eigenvalue weighted by molar-refractivity contribution is -0.191. The van der Waals surface area contributed by atoms with Gasteiger partial charge >= 0.3 is 12.1 Å². The summed E-state index contributed by atoms with van der Waals surface area (Å²) in [5.41, 5.74) is -1.03. The van der Waals surface area contributed by atoms with Crippen LogP contribution in [0.25, 0.3) is 0 Å². The molecule has 0 aromatic heterocycles. The molecule has 0 aromatic rings.